The Balaban J connectivity index is 1.99. The predicted octanol–water partition coefficient (Wildman–Crippen LogP) is 2.89. The molecule has 1 fully saturated rings. The number of carbonyl (C=O) groups is 2. The summed E-state index contributed by atoms with van der Waals surface area (Å²) in [5, 5.41) is 12.5. The molecular formula is C17H24BrN3O4. The van der Waals surface area contributed by atoms with Crippen molar-refractivity contribution >= 4 is 33.7 Å². The maximum absolute atomic E-state index is 12.5. The fourth-order valence-electron chi connectivity index (χ4n) is 2.53. The Labute approximate surface area is 156 Å². The van der Waals surface area contributed by atoms with Gasteiger partial charge in [-0.15, -0.1) is 0 Å². The maximum Gasteiger partial charge on any atom is 0.410 e. The molecule has 1 unspecified atom stereocenters. The van der Waals surface area contributed by atoms with Crippen molar-refractivity contribution in [2.24, 2.45) is 0 Å². The molecule has 1 heterocycles. The molecule has 0 saturated carbocycles. The van der Waals surface area contributed by atoms with E-state index in [4.69, 9.17) is 4.74 Å². The Bertz CT molecular complexity index is 633. The van der Waals surface area contributed by atoms with Crippen LogP contribution in [0.4, 0.5) is 15.3 Å². The first-order valence-electron chi connectivity index (χ1n) is 8.11. The van der Waals surface area contributed by atoms with Gasteiger partial charge in [0, 0.05) is 29.8 Å². The summed E-state index contributed by atoms with van der Waals surface area (Å²) < 4.78 is 6.22. The summed E-state index contributed by atoms with van der Waals surface area (Å²) in [5.41, 5.74) is 0.0757. The van der Waals surface area contributed by atoms with Crippen LogP contribution in [0.15, 0.2) is 28.7 Å². The molecule has 0 bridgehead atoms. The van der Waals surface area contributed by atoms with E-state index in [9.17, 15) is 14.7 Å². The number of nitrogens with zero attached hydrogens (tertiary/aromatic N) is 2. The Morgan fingerprint density at radius 3 is 2.68 bits per heavy atom. The molecule has 1 atom stereocenters. The highest BCUT2D eigenvalue weighted by Gasteiger charge is 2.34. The predicted molar refractivity (Wildman–Crippen MR) is 98.5 cm³/mol. The number of ether oxygens (including phenoxy) is 1. The first-order valence-corrected chi connectivity index (χ1v) is 8.91. The topological polar surface area (TPSA) is 82.1 Å². The lowest BCUT2D eigenvalue weighted by atomic mass is 10.2. The number of carbonyl (C=O) groups excluding carboxylic acids is 2. The number of halogens is 1. The van der Waals surface area contributed by atoms with Crippen molar-refractivity contribution < 1.29 is 19.4 Å². The van der Waals surface area contributed by atoms with Crippen molar-refractivity contribution in [1.82, 2.24) is 9.80 Å². The van der Waals surface area contributed by atoms with Crippen LogP contribution in [0.5, 0.6) is 0 Å². The standard InChI is InChI=1S/C17H24BrN3O4/c1-17(2,3)25-16(24)20-7-8-21(14(10-20)11-22)15(23)19-13-6-4-5-12(18)9-13/h4-6,9,14,22H,7-8,10-11H2,1-3H3,(H,19,23). The summed E-state index contributed by atoms with van der Waals surface area (Å²) in [6.45, 7) is 6.09. The van der Waals surface area contributed by atoms with Crippen molar-refractivity contribution in [2.75, 3.05) is 31.6 Å². The minimum atomic E-state index is -0.582. The number of urea groups is 1. The number of rotatable bonds is 2. The van der Waals surface area contributed by atoms with E-state index in [1.807, 2.05) is 12.1 Å². The number of amides is 3. The van der Waals surface area contributed by atoms with E-state index in [1.165, 1.54) is 4.90 Å². The summed E-state index contributed by atoms with van der Waals surface area (Å²) in [4.78, 5) is 27.8. The van der Waals surface area contributed by atoms with E-state index >= 15 is 0 Å². The molecule has 2 rings (SSSR count). The monoisotopic (exact) mass is 413 g/mol. The second kappa shape index (κ2) is 8.05. The molecule has 1 aromatic rings. The number of piperazine rings is 1. The van der Waals surface area contributed by atoms with Crippen molar-refractivity contribution in [3.63, 3.8) is 0 Å². The zero-order valence-corrected chi connectivity index (χ0v) is 16.2. The number of hydrogen-bond acceptors (Lipinski definition) is 4. The third kappa shape index (κ3) is 5.61. The molecule has 0 radical (unpaired) electrons. The quantitative estimate of drug-likeness (QED) is 0.780. The van der Waals surface area contributed by atoms with Crippen LogP contribution in [0.25, 0.3) is 0 Å². The highest BCUT2D eigenvalue weighted by molar-refractivity contribution is 9.10. The molecule has 25 heavy (non-hydrogen) atoms. The second-order valence-corrected chi connectivity index (χ2v) is 7.81. The van der Waals surface area contributed by atoms with E-state index in [-0.39, 0.29) is 19.2 Å². The maximum atomic E-state index is 12.5. The molecule has 3 amide bonds. The van der Waals surface area contributed by atoms with Crippen LogP contribution >= 0.6 is 15.9 Å². The number of aliphatic hydroxyl groups excluding tert-OH is 1. The van der Waals surface area contributed by atoms with Gasteiger partial charge in [0.1, 0.15) is 5.60 Å². The van der Waals surface area contributed by atoms with Gasteiger partial charge in [0.2, 0.25) is 0 Å². The van der Waals surface area contributed by atoms with Gasteiger partial charge in [-0.2, -0.15) is 0 Å². The Morgan fingerprint density at radius 2 is 2.08 bits per heavy atom. The fourth-order valence-corrected chi connectivity index (χ4v) is 2.93. The SMILES string of the molecule is CC(C)(C)OC(=O)N1CCN(C(=O)Nc2cccc(Br)c2)C(CO)C1. The van der Waals surface area contributed by atoms with E-state index in [1.54, 1.807) is 37.8 Å². The third-order valence-corrected chi connectivity index (χ3v) is 4.18. The minimum absolute atomic E-state index is 0.231. The van der Waals surface area contributed by atoms with Crippen LogP contribution in [0.2, 0.25) is 0 Å². The molecule has 0 spiro atoms. The Morgan fingerprint density at radius 1 is 1.36 bits per heavy atom. The summed E-state index contributed by atoms with van der Waals surface area (Å²) in [6, 6.07) is 6.49. The number of benzene rings is 1. The molecule has 0 aliphatic carbocycles. The van der Waals surface area contributed by atoms with Crippen LogP contribution in [-0.4, -0.2) is 64.9 Å². The van der Waals surface area contributed by atoms with Gasteiger partial charge in [-0.1, -0.05) is 22.0 Å². The molecule has 138 valence electrons. The Hall–Kier alpha value is -1.80. The first kappa shape index (κ1) is 19.5. The van der Waals surface area contributed by atoms with E-state index in [0.717, 1.165) is 4.47 Å². The van der Waals surface area contributed by atoms with E-state index in [0.29, 0.717) is 18.8 Å². The first-order chi connectivity index (χ1) is 11.7. The zero-order chi connectivity index (χ0) is 18.6. The number of hydrogen-bond donors (Lipinski definition) is 2. The molecule has 1 aliphatic rings. The molecule has 1 saturated heterocycles. The number of aliphatic hydroxyl groups is 1. The van der Waals surface area contributed by atoms with Gasteiger partial charge >= 0.3 is 12.1 Å². The van der Waals surface area contributed by atoms with Gasteiger partial charge in [0.05, 0.1) is 12.6 Å². The minimum Gasteiger partial charge on any atom is -0.444 e. The van der Waals surface area contributed by atoms with Crippen molar-refractivity contribution in [1.29, 1.82) is 0 Å². The average Bonchev–Trinajstić information content (AvgIpc) is 2.52. The van der Waals surface area contributed by atoms with Gasteiger partial charge in [0.15, 0.2) is 0 Å². The van der Waals surface area contributed by atoms with Crippen LogP contribution in [-0.2, 0) is 4.74 Å². The van der Waals surface area contributed by atoms with Crippen LogP contribution in [0.3, 0.4) is 0 Å². The molecular weight excluding hydrogens is 390 g/mol. The van der Waals surface area contributed by atoms with Crippen molar-refractivity contribution in [2.45, 2.75) is 32.4 Å². The lowest BCUT2D eigenvalue weighted by Crippen LogP contribution is -2.59. The Kier molecular flexibility index (Phi) is 6.29. The summed E-state index contributed by atoms with van der Waals surface area (Å²) in [7, 11) is 0. The average molecular weight is 414 g/mol. The lowest BCUT2D eigenvalue weighted by Gasteiger charge is -2.40. The normalized spacial score (nSPS) is 18.0. The van der Waals surface area contributed by atoms with Crippen LogP contribution < -0.4 is 5.32 Å². The van der Waals surface area contributed by atoms with Gasteiger partial charge < -0.3 is 25.0 Å². The molecule has 2 N–H and O–H groups in total. The van der Waals surface area contributed by atoms with Gasteiger partial charge in [-0.05, 0) is 39.0 Å². The molecule has 1 aliphatic heterocycles. The van der Waals surface area contributed by atoms with E-state index < -0.39 is 17.7 Å². The van der Waals surface area contributed by atoms with Gasteiger partial charge in [0.25, 0.3) is 0 Å². The van der Waals surface area contributed by atoms with Crippen molar-refractivity contribution in [3.8, 4) is 0 Å². The number of anilines is 1. The summed E-state index contributed by atoms with van der Waals surface area (Å²) >= 11 is 3.36. The zero-order valence-electron chi connectivity index (χ0n) is 14.7. The smallest absolute Gasteiger partial charge is 0.410 e. The molecule has 0 aromatic heterocycles. The van der Waals surface area contributed by atoms with Crippen molar-refractivity contribution in [3.05, 3.63) is 28.7 Å². The van der Waals surface area contributed by atoms with Crippen LogP contribution in [0.1, 0.15) is 20.8 Å². The number of nitrogens with one attached hydrogen (secondary N) is 1. The van der Waals surface area contributed by atoms with Gasteiger partial charge in [-0.25, -0.2) is 9.59 Å². The summed E-state index contributed by atoms with van der Waals surface area (Å²) in [6.07, 6.45) is -0.432. The summed E-state index contributed by atoms with van der Waals surface area (Å²) in [5.74, 6) is 0. The highest BCUT2D eigenvalue weighted by atomic mass is 79.9. The third-order valence-electron chi connectivity index (χ3n) is 3.68. The van der Waals surface area contributed by atoms with E-state index in [2.05, 4.69) is 21.2 Å². The second-order valence-electron chi connectivity index (χ2n) is 6.90. The fraction of sp³-hybridized carbons (Fsp3) is 0.529. The van der Waals surface area contributed by atoms with Crippen LogP contribution in [0, 0.1) is 0 Å². The molecule has 8 heteroatoms. The molecule has 7 nitrogen and oxygen atoms in total. The highest BCUT2D eigenvalue weighted by Crippen LogP contribution is 2.19. The largest absolute Gasteiger partial charge is 0.444 e. The molecule has 1 aromatic carbocycles. The lowest BCUT2D eigenvalue weighted by molar-refractivity contribution is 0.00416. The van der Waals surface area contributed by atoms with Gasteiger partial charge in [-0.3, -0.25) is 0 Å².